The number of hydrogen-bond donors (Lipinski definition) is 2. The summed E-state index contributed by atoms with van der Waals surface area (Å²) >= 11 is 0. The maximum atomic E-state index is 11.4. The molecule has 158 valence electrons. The van der Waals surface area contributed by atoms with Crippen LogP contribution in [0.15, 0.2) is 60.2 Å². The highest BCUT2D eigenvalue weighted by Crippen LogP contribution is 2.37. The normalized spacial score (nSPS) is 15.6. The van der Waals surface area contributed by atoms with Crippen molar-refractivity contribution in [1.29, 1.82) is 0 Å². The van der Waals surface area contributed by atoms with Crippen LogP contribution in [0.25, 0.3) is 11.1 Å². The minimum Gasteiger partial charge on any atom is -0.508 e. The Morgan fingerprint density at radius 2 is 1.27 bits per heavy atom. The summed E-state index contributed by atoms with van der Waals surface area (Å²) in [7, 11) is 0. The maximum absolute atomic E-state index is 11.4. The van der Waals surface area contributed by atoms with E-state index < -0.39 is 5.97 Å². The number of hydrogen-bond acceptors (Lipinski definition) is 2. The Morgan fingerprint density at radius 1 is 0.800 bits per heavy atom. The molecule has 0 aliphatic heterocycles. The lowest BCUT2D eigenvalue weighted by Crippen LogP contribution is -2.10. The number of aromatic hydroxyl groups is 1. The molecule has 3 nitrogen and oxygen atoms in total. The van der Waals surface area contributed by atoms with Gasteiger partial charge >= 0.3 is 5.97 Å². The van der Waals surface area contributed by atoms with Crippen LogP contribution in [0.4, 0.5) is 0 Å². The van der Waals surface area contributed by atoms with Crippen molar-refractivity contribution in [2.75, 3.05) is 0 Å². The Balaban J connectivity index is 2.08. The van der Waals surface area contributed by atoms with Crippen LogP contribution < -0.4 is 0 Å². The maximum Gasteiger partial charge on any atom is 0.328 e. The van der Waals surface area contributed by atoms with Crippen LogP contribution in [0.1, 0.15) is 76.0 Å². The van der Waals surface area contributed by atoms with Crippen molar-refractivity contribution in [3.63, 3.8) is 0 Å². The van der Waals surface area contributed by atoms with Gasteiger partial charge in [-0.05, 0) is 71.1 Å². The summed E-state index contributed by atoms with van der Waals surface area (Å²) in [6, 6.07) is 15.7. The van der Waals surface area contributed by atoms with Crippen LogP contribution in [-0.2, 0) is 4.79 Å². The number of aliphatic carboxylic acids is 1. The molecule has 30 heavy (non-hydrogen) atoms. The fourth-order valence-electron chi connectivity index (χ4n) is 4.28. The zero-order valence-corrected chi connectivity index (χ0v) is 18.2. The molecule has 2 N–H and O–H groups in total. The molecule has 0 amide bonds. The standard InChI is InChI=1S/C27H32O3/c1-27(2,3)24(18-25(29)30)19-10-12-21(13-11-19)26(20-8-6-4-5-7-9-20)22-14-16-23(28)17-15-22/h10-18,28H,4-9H2,1-3H3,(H,29,30)/b24-18-. The van der Waals surface area contributed by atoms with Gasteiger partial charge in [-0.1, -0.05) is 75.6 Å². The zero-order chi connectivity index (χ0) is 21.7. The van der Waals surface area contributed by atoms with Crippen molar-refractivity contribution in [2.24, 2.45) is 5.41 Å². The third-order valence-electron chi connectivity index (χ3n) is 5.78. The molecule has 0 unspecified atom stereocenters. The smallest absolute Gasteiger partial charge is 0.328 e. The van der Waals surface area contributed by atoms with Crippen LogP contribution >= 0.6 is 0 Å². The molecule has 0 aromatic heterocycles. The van der Waals surface area contributed by atoms with Gasteiger partial charge in [0.05, 0.1) is 0 Å². The van der Waals surface area contributed by atoms with E-state index in [4.69, 9.17) is 0 Å². The summed E-state index contributed by atoms with van der Waals surface area (Å²) in [4.78, 5) is 11.4. The Hall–Kier alpha value is -2.81. The minimum absolute atomic E-state index is 0.264. The fourth-order valence-corrected chi connectivity index (χ4v) is 4.28. The lowest BCUT2D eigenvalue weighted by molar-refractivity contribution is -0.131. The molecule has 1 aliphatic carbocycles. The molecule has 0 radical (unpaired) electrons. The number of carbonyl (C=O) groups is 1. The van der Waals surface area contributed by atoms with Crippen LogP contribution in [-0.4, -0.2) is 16.2 Å². The lowest BCUT2D eigenvalue weighted by atomic mass is 9.81. The molecule has 0 atom stereocenters. The molecule has 0 heterocycles. The van der Waals surface area contributed by atoms with E-state index >= 15 is 0 Å². The van der Waals surface area contributed by atoms with Gasteiger partial charge in [0.15, 0.2) is 0 Å². The summed E-state index contributed by atoms with van der Waals surface area (Å²) in [5.74, 6) is -0.651. The molecule has 0 bridgehead atoms. The van der Waals surface area contributed by atoms with E-state index in [0.717, 1.165) is 35.1 Å². The second-order valence-electron chi connectivity index (χ2n) is 9.16. The number of phenolic OH excluding ortho intramolecular Hbond substituents is 1. The van der Waals surface area contributed by atoms with Gasteiger partial charge in [-0.2, -0.15) is 0 Å². The summed E-state index contributed by atoms with van der Waals surface area (Å²) < 4.78 is 0. The van der Waals surface area contributed by atoms with Crippen LogP contribution in [0.5, 0.6) is 5.75 Å². The van der Waals surface area contributed by atoms with E-state index in [1.165, 1.54) is 42.9 Å². The third kappa shape index (κ3) is 5.41. The molecule has 1 aliphatic rings. The monoisotopic (exact) mass is 404 g/mol. The summed E-state index contributed by atoms with van der Waals surface area (Å²) in [5.41, 5.74) is 6.48. The molecular formula is C27H32O3. The molecule has 0 saturated heterocycles. The Labute approximate surface area is 179 Å². The first-order chi connectivity index (χ1) is 14.3. The Kier molecular flexibility index (Phi) is 6.81. The van der Waals surface area contributed by atoms with Gasteiger partial charge in [-0.15, -0.1) is 0 Å². The summed E-state index contributed by atoms with van der Waals surface area (Å²) in [5, 5.41) is 19.1. The minimum atomic E-state index is -0.922. The van der Waals surface area contributed by atoms with E-state index in [2.05, 4.69) is 12.1 Å². The van der Waals surface area contributed by atoms with E-state index in [1.54, 1.807) is 12.1 Å². The number of phenols is 1. The van der Waals surface area contributed by atoms with Crippen LogP contribution in [0, 0.1) is 5.41 Å². The highest BCUT2D eigenvalue weighted by atomic mass is 16.4. The average Bonchev–Trinajstić information content (AvgIpc) is 2.97. The van der Waals surface area contributed by atoms with Gasteiger partial charge < -0.3 is 10.2 Å². The second kappa shape index (κ2) is 9.34. The van der Waals surface area contributed by atoms with Crippen molar-refractivity contribution >= 4 is 17.1 Å². The molecule has 3 heteroatoms. The number of carboxylic acid groups (broad SMARTS) is 1. The largest absolute Gasteiger partial charge is 0.508 e. The first kappa shape index (κ1) is 21.9. The SMILES string of the molecule is CC(C)(C)/C(=C\C(=O)O)c1ccc(C(=C2CCCCCC2)c2ccc(O)cc2)cc1. The predicted molar refractivity (Wildman–Crippen MR) is 123 cm³/mol. The number of benzene rings is 2. The van der Waals surface area contributed by atoms with E-state index in [-0.39, 0.29) is 11.2 Å². The zero-order valence-electron chi connectivity index (χ0n) is 18.2. The van der Waals surface area contributed by atoms with Gasteiger partial charge in [0, 0.05) is 6.08 Å². The van der Waals surface area contributed by atoms with Crippen LogP contribution in [0.2, 0.25) is 0 Å². The molecule has 3 rings (SSSR count). The fraction of sp³-hybridized carbons (Fsp3) is 0.370. The summed E-state index contributed by atoms with van der Waals surface area (Å²) in [6.07, 6.45) is 8.50. The van der Waals surface area contributed by atoms with E-state index in [0.29, 0.717) is 0 Å². The first-order valence-electron chi connectivity index (χ1n) is 10.8. The van der Waals surface area contributed by atoms with E-state index in [9.17, 15) is 15.0 Å². The lowest BCUT2D eigenvalue weighted by Gasteiger charge is -2.23. The van der Waals surface area contributed by atoms with Crippen molar-refractivity contribution in [3.05, 3.63) is 76.9 Å². The molecule has 2 aromatic carbocycles. The van der Waals surface area contributed by atoms with Gasteiger partial charge in [0.2, 0.25) is 0 Å². The highest BCUT2D eigenvalue weighted by Gasteiger charge is 2.21. The number of rotatable bonds is 4. The Morgan fingerprint density at radius 3 is 1.73 bits per heavy atom. The van der Waals surface area contributed by atoms with Gasteiger partial charge in [0.1, 0.15) is 5.75 Å². The Bertz CT molecular complexity index is 929. The molecule has 1 fully saturated rings. The summed E-state index contributed by atoms with van der Waals surface area (Å²) in [6.45, 7) is 6.10. The van der Waals surface area contributed by atoms with Crippen molar-refractivity contribution in [3.8, 4) is 5.75 Å². The van der Waals surface area contributed by atoms with E-state index in [1.807, 2.05) is 45.0 Å². The third-order valence-corrected chi connectivity index (χ3v) is 5.78. The first-order valence-corrected chi connectivity index (χ1v) is 10.8. The molecule has 2 aromatic rings. The topological polar surface area (TPSA) is 57.5 Å². The molecule has 0 spiro atoms. The van der Waals surface area contributed by atoms with Crippen molar-refractivity contribution in [2.45, 2.75) is 59.3 Å². The van der Waals surface area contributed by atoms with Crippen molar-refractivity contribution < 1.29 is 15.0 Å². The van der Waals surface area contributed by atoms with Gasteiger partial charge in [-0.25, -0.2) is 4.79 Å². The molecule has 1 saturated carbocycles. The average molecular weight is 405 g/mol. The van der Waals surface area contributed by atoms with Crippen molar-refractivity contribution in [1.82, 2.24) is 0 Å². The molecular weight excluding hydrogens is 372 g/mol. The van der Waals surface area contributed by atoms with Gasteiger partial charge in [-0.3, -0.25) is 0 Å². The number of carboxylic acids is 1. The van der Waals surface area contributed by atoms with Gasteiger partial charge in [0.25, 0.3) is 0 Å². The highest BCUT2D eigenvalue weighted by molar-refractivity contribution is 5.91. The second-order valence-corrected chi connectivity index (χ2v) is 9.16. The quantitative estimate of drug-likeness (QED) is 0.423. The van der Waals surface area contributed by atoms with Crippen LogP contribution in [0.3, 0.4) is 0 Å². The number of allylic oxidation sites excluding steroid dienone is 2. The predicted octanol–water partition coefficient (Wildman–Crippen LogP) is 7.06.